The summed E-state index contributed by atoms with van der Waals surface area (Å²) in [6.45, 7) is 0.566. The van der Waals surface area contributed by atoms with Gasteiger partial charge in [-0.3, -0.25) is 0 Å². The van der Waals surface area contributed by atoms with Gasteiger partial charge in [0.1, 0.15) is 0 Å². The number of halogens is 1. The topological polar surface area (TPSA) is 46.2 Å². The van der Waals surface area contributed by atoms with E-state index in [9.17, 15) is 8.42 Å². The highest BCUT2D eigenvalue weighted by molar-refractivity contribution is 7.91. The van der Waals surface area contributed by atoms with Crippen molar-refractivity contribution < 1.29 is 8.42 Å². The Hall–Kier alpha value is -1.62. The molecule has 0 saturated carbocycles. The fourth-order valence-electron chi connectivity index (χ4n) is 2.14. The number of benzene rings is 2. The zero-order valence-corrected chi connectivity index (χ0v) is 14.3. The summed E-state index contributed by atoms with van der Waals surface area (Å²) in [5, 5.41) is 3.17. The van der Waals surface area contributed by atoms with E-state index in [4.69, 9.17) is 11.6 Å². The number of rotatable bonds is 8. The lowest BCUT2D eigenvalue weighted by Gasteiger charge is -2.15. The molecule has 0 radical (unpaired) electrons. The summed E-state index contributed by atoms with van der Waals surface area (Å²) in [5.41, 5.74) is 1.11. The molecule has 1 N–H and O–H groups in total. The van der Waals surface area contributed by atoms with Crippen LogP contribution in [0.5, 0.6) is 0 Å². The molecule has 0 fully saturated rings. The molecule has 0 aliphatic rings. The van der Waals surface area contributed by atoms with Crippen LogP contribution >= 0.6 is 11.6 Å². The van der Waals surface area contributed by atoms with Crippen LogP contribution in [0.25, 0.3) is 6.08 Å². The molecule has 2 aromatic rings. The van der Waals surface area contributed by atoms with Gasteiger partial charge in [-0.1, -0.05) is 60.7 Å². The molecule has 0 spiro atoms. The van der Waals surface area contributed by atoms with Gasteiger partial charge in [0.05, 0.1) is 10.6 Å². The summed E-state index contributed by atoms with van der Waals surface area (Å²) in [6, 6.07) is 18.1. The van der Waals surface area contributed by atoms with Crippen molar-refractivity contribution in [1.82, 2.24) is 5.32 Å². The minimum Gasteiger partial charge on any atom is -0.308 e. The van der Waals surface area contributed by atoms with Crippen molar-refractivity contribution in [2.45, 2.75) is 10.9 Å². The minimum absolute atomic E-state index is 0.0142. The molecule has 1 unspecified atom stereocenters. The van der Waals surface area contributed by atoms with Gasteiger partial charge in [-0.2, -0.15) is 0 Å². The lowest BCUT2D eigenvalue weighted by atomic mass is 10.2. The van der Waals surface area contributed by atoms with Crippen molar-refractivity contribution >= 4 is 27.5 Å². The molecule has 0 aliphatic carbocycles. The Kier molecular flexibility index (Phi) is 6.84. The third-order valence-electron chi connectivity index (χ3n) is 3.34. The third-order valence-corrected chi connectivity index (χ3v) is 5.55. The van der Waals surface area contributed by atoms with E-state index in [0.717, 1.165) is 5.56 Å². The van der Waals surface area contributed by atoms with Crippen LogP contribution < -0.4 is 5.32 Å². The van der Waals surface area contributed by atoms with Crippen LogP contribution in [0, 0.1) is 0 Å². The summed E-state index contributed by atoms with van der Waals surface area (Å²) in [7, 11) is -3.33. The normalized spacial score (nSPS) is 13.3. The molecule has 3 nitrogen and oxygen atoms in total. The Morgan fingerprint density at radius 1 is 1.00 bits per heavy atom. The monoisotopic (exact) mass is 349 g/mol. The molecule has 2 rings (SSSR count). The van der Waals surface area contributed by atoms with Crippen molar-refractivity contribution in [2.75, 3.05) is 18.2 Å². The fourth-order valence-corrected chi connectivity index (χ4v) is 4.02. The second-order valence-electron chi connectivity index (χ2n) is 5.17. The maximum absolute atomic E-state index is 12.3. The van der Waals surface area contributed by atoms with Gasteiger partial charge < -0.3 is 5.32 Å². The summed E-state index contributed by atoms with van der Waals surface area (Å²) in [6.07, 6.45) is 3.95. The maximum Gasteiger partial charge on any atom is 0.179 e. The molecule has 0 amide bonds. The first-order valence-corrected chi connectivity index (χ1v) is 9.59. The smallest absolute Gasteiger partial charge is 0.179 e. The lowest BCUT2D eigenvalue weighted by Crippen LogP contribution is -2.37. The maximum atomic E-state index is 12.3. The van der Waals surface area contributed by atoms with Crippen LogP contribution in [-0.4, -0.2) is 32.6 Å². The molecule has 23 heavy (non-hydrogen) atoms. The van der Waals surface area contributed by atoms with Gasteiger partial charge in [-0.25, -0.2) is 8.42 Å². The molecule has 0 bridgehead atoms. The van der Waals surface area contributed by atoms with Crippen molar-refractivity contribution in [3.8, 4) is 0 Å². The first-order chi connectivity index (χ1) is 11.1. The van der Waals surface area contributed by atoms with E-state index < -0.39 is 9.84 Å². The number of hydrogen-bond acceptors (Lipinski definition) is 3. The van der Waals surface area contributed by atoms with Crippen LogP contribution in [-0.2, 0) is 9.84 Å². The lowest BCUT2D eigenvalue weighted by molar-refractivity contribution is 0.573. The fraction of sp³-hybridized carbons (Fsp3) is 0.222. The number of sulfone groups is 1. The van der Waals surface area contributed by atoms with Gasteiger partial charge in [0.2, 0.25) is 0 Å². The van der Waals surface area contributed by atoms with E-state index in [1.165, 1.54) is 0 Å². The molecule has 0 aromatic heterocycles. The number of alkyl halides is 1. The first-order valence-electron chi connectivity index (χ1n) is 7.40. The zero-order chi connectivity index (χ0) is 16.5. The van der Waals surface area contributed by atoms with E-state index in [-0.39, 0.29) is 17.7 Å². The summed E-state index contributed by atoms with van der Waals surface area (Å²) in [4.78, 5) is 0.330. The second kappa shape index (κ2) is 8.87. The SMILES string of the molecule is O=S(=O)(CC(CCl)NC/C=C/c1ccccc1)c1ccccc1. The van der Waals surface area contributed by atoms with Crippen LogP contribution in [0.4, 0.5) is 0 Å². The molecule has 122 valence electrons. The third kappa shape index (κ3) is 5.82. The Morgan fingerprint density at radius 2 is 1.61 bits per heavy atom. The van der Waals surface area contributed by atoms with Crippen LogP contribution in [0.3, 0.4) is 0 Å². The molecule has 0 aliphatic heterocycles. The van der Waals surface area contributed by atoms with E-state index >= 15 is 0 Å². The summed E-state index contributed by atoms with van der Waals surface area (Å²) < 4.78 is 24.7. The van der Waals surface area contributed by atoms with Gasteiger partial charge >= 0.3 is 0 Å². The highest BCUT2D eigenvalue weighted by Gasteiger charge is 2.19. The van der Waals surface area contributed by atoms with E-state index in [0.29, 0.717) is 11.4 Å². The highest BCUT2D eigenvalue weighted by atomic mass is 35.5. The zero-order valence-electron chi connectivity index (χ0n) is 12.7. The average molecular weight is 350 g/mol. The van der Waals surface area contributed by atoms with E-state index in [1.54, 1.807) is 30.3 Å². The Balaban J connectivity index is 1.89. The number of hydrogen-bond donors (Lipinski definition) is 1. The number of nitrogens with one attached hydrogen (secondary N) is 1. The molecule has 2 aromatic carbocycles. The Bertz CT molecular complexity index is 715. The van der Waals surface area contributed by atoms with Crippen molar-refractivity contribution in [2.24, 2.45) is 0 Å². The van der Waals surface area contributed by atoms with Gasteiger partial charge in [-0.15, -0.1) is 11.6 Å². The van der Waals surface area contributed by atoms with Crippen molar-refractivity contribution in [3.63, 3.8) is 0 Å². The largest absolute Gasteiger partial charge is 0.308 e. The predicted octanol–water partition coefficient (Wildman–Crippen LogP) is 3.37. The quantitative estimate of drug-likeness (QED) is 0.743. The molecular weight excluding hydrogens is 330 g/mol. The van der Waals surface area contributed by atoms with Gasteiger partial charge in [-0.05, 0) is 17.7 Å². The second-order valence-corrected chi connectivity index (χ2v) is 7.51. The van der Waals surface area contributed by atoms with Gasteiger partial charge in [0, 0.05) is 18.5 Å². The molecule has 0 heterocycles. The highest BCUT2D eigenvalue weighted by Crippen LogP contribution is 2.11. The average Bonchev–Trinajstić information content (AvgIpc) is 2.59. The molecular formula is C18H20ClNO2S. The standard InChI is InChI=1S/C18H20ClNO2S/c19-14-17(15-23(21,22)18-11-5-2-6-12-18)20-13-7-10-16-8-3-1-4-9-16/h1-12,17,20H,13-15H2/b10-7+. The van der Waals surface area contributed by atoms with Gasteiger partial charge in [0.15, 0.2) is 9.84 Å². The van der Waals surface area contributed by atoms with E-state index in [2.05, 4.69) is 5.32 Å². The minimum atomic E-state index is -3.33. The van der Waals surface area contributed by atoms with Crippen molar-refractivity contribution in [1.29, 1.82) is 0 Å². The van der Waals surface area contributed by atoms with Crippen LogP contribution in [0.15, 0.2) is 71.6 Å². The molecule has 1 atom stereocenters. The van der Waals surface area contributed by atoms with Crippen LogP contribution in [0.2, 0.25) is 0 Å². The Labute approximate surface area is 142 Å². The summed E-state index contributed by atoms with van der Waals surface area (Å²) >= 11 is 5.91. The van der Waals surface area contributed by atoms with Gasteiger partial charge in [0.25, 0.3) is 0 Å². The first kappa shape index (κ1) is 17.7. The Morgan fingerprint density at radius 3 is 2.22 bits per heavy atom. The van der Waals surface area contributed by atoms with E-state index in [1.807, 2.05) is 42.5 Å². The molecule has 5 heteroatoms. The van der Waals surface area contributed by atoms with Crippen molar-refractivity contribution in [3.05, 3.63) is 72.3 Å². The summed E-state index contributed by atoms with van der Waals surface area (Å²) in [5.74, 6) is 0.227. The van der Waals surface area contributed by atoms with Crippen LogP contribution in [0.1, 0.15) is 5.56 Å². The molecule has 0 saturated heterocycles. The predicted molar refractivity (Wildman–Crippen MR) is 96.5 cm³/mol.